The van der Waals surface area contributed by atoms with Crippen molar-refractivity contribution in [1.29, 1.82) is 5.26 Å². The molecule has 0 N–H and O–H groups in total. The molecule has 0 bridgehead atoms. The molecule has 0 aliphatic rings. The molecule has 0 unspecified atom stereocenters. The molecule has 2 rings (SSSR count). The van der Waals surface area contributed by atoms with E-state index in [4.69, 9.17) is 23.2 Å². The zero-order valence-electron chi connectivity index (χ0n) is 10.2. The Morgan fingerprint density at radius 3 is 2.63 bits per heavy atom. The summed E-state index contributed by atoms with van der Waals surface area (Å²) in [4.78, 5) is 4.00. The van der Waals surface area contributed by atoms with Gasteiger partial charge in [0, 0.05) is 23.0 Å². The van der Waals surface area contributed by atoms with Crippen LogP contribution in [0.3, 0.4) is 0 Å². The Morgan fingerprint density at radius 2 is 2.05 bits per heavy atom. The number of rotatable bonds is 2. The van der Waals surface area contributed by atoms with Crippen molar-refractivity contribution in [2.24, 2.45) is 0 Å². The van der Waals surface area contributed by atoms with Crippen LogP contribution in [0.4, 0.5) is 0 Å². The molecule has 0 amide bonds. The van der Waals surface area contributed by atoms with Crippen LogP contribution in [0.5, 0.6) is 0 Å². The van der Waals surface area contributed by atoms with Crippen molar-refractivity contribution < 1.29 is 0 Å². The third-order valence-corrected chi connectivity index (χ3v) is 3.52. The van der Waals surface area contributed by atoms with Crippen molar-refractivity contribution >= 4 is 33.8 Å². The van der Waals surface area contributed by atoms with Gasteiger partial charge in [0.15, 0.2) is 0 Å². The number of benzene rings is 1. The van der Waals surface area contributed by atoms with Crippen LogP contribution in [-0.2, 0) is 0 Å². The van der Waals surface area contributed by atoms with Crippen LogP contribution in [0.1, 0.15) is 16.7 Å². The average Bonchev–Trinajstić information content (AvgIpc) is 2.44. The Balaban J connectivity index is 2.56. The van der Waals surface area contributed by atoms with Crippen molar-refractivity contribution in [1.82, 2.24) is 4.98 Å². The molecule has 0 saturated carbocycles. The number of hydrogen-bond donors (Lipinski definition) is 0. The molecule has 19 heavy (non-hydrogen) atoms. The summed E-state index contributed by atoms with van der Waals surface area (Å²) >= 11 is 12.3. The number of allylic oxidation sites excluding steroid dienone is 1. The zero-order valence-corrected chi connectivity index (χ0v) is 11.7. The summed E-state index contributed by atoms with van der Waals surface area (Å²) in [5.41, 5.74) is 2.78. The lowest BCUT2D eigenvalue weighted by Gasteiger charge is -2.06. The highest BCUT2D eigenvalue weighted by Crippen LogP contribution is 2.30. The Kier molecular flexibility index (Phi) is 4.21. The Hall–Kier alpha value is -1.82. The van der Waals surface area contributed by atoms with Crippen molar-refractivity contribution in [2.75, 3.05) is 0 Å². The van der Waals surface area contributed by atoms with Gasteiger partial charge in [-0.15, -0.1) is 0 Å². The topological polar surface area (TPSA) is 36.7 Å². The number of nitriles is 1. The molecule has 4 heteroatoms. The van der Waals surface area contributed by atoms with E-state index < -0.39 is 0 Å². The van der Waals surface area contributed by atoms with E-state index in [-0.39, 0.29) is 0 Å². The van der Waals surface area contributed by atoms with E-state index in [1.807, 2.05) is 13.0 Å². The number of aryl methyl sites for hydroxylation is 1. The number of aromatic nitrogens is 1. The molecule has 0 radical (unpaired) electrons. The number of nitrogens with zero attached hydrogens (tertiary/aromatic N) is 2. The van der Waals surface area contributed by atoms with Crippen molar-refractivity contribution in [2.45, 2.75) is 6.92 Å². The quantitative estimate of drug-likeness (QED) is 0.753. The molecule has 0 spiro atoms. The largest absolute Gasteiger partial charge is 0.264 e. The molecule has 0 saturated heterocycles. The van der Waals surface area contributed by atoms with E-state index in [1.54, 1.807) is 36.7 Å². The summed E-state index contributed by atoms with van der Waals surface area (Å²) in [5, 5.41) is 10.4. The first-order valence-electron chi connectivity index (χ1n) is 5.60. The molecule has 0 aliphatic carbocycles. The van der Waals surface area contributed by atoms with Gasteiger partial charge in [0.1, 0.15) is 6.07 Å². The van der Waals surface area contributed by atoms with E-state index >= 15 is 0 Å². The number of halogens is 2. The Labute approximate surface area is 121 Å². The van der Waals surface area contributed by atoms with E-state index in [0.29, 0.717) is 21.2 Å². The molecule has 0 atom stereocenters. The molecule has 0 fully saturated rings. The first kappa shape index (κ1) is 13.6. The summed E-state index contributed by atoms with van der Waals surface area (Å²) < 4.78 is 0. The van der Waals surface area contributed by atoms with Gasteiger partial charge in [0.05, 0.1) is 10.6 Å². The summed E-state index contributed by atoms with van der Waals surface area (Å²) in [6, 6.07) is 11.1. The van der Waals surface area contributed by atoms with Gasteiger partial charge >= 0.3 is 0 Å². The third kappa shape index (κ3) is 2.96. The zero-order chi connectivity index (χ0) is 13.8. The van der Waals surface area contributed by atoms with Crippen LogP contribution in [0.25, 0.3) is 10.6 Å². The molecule has 2 nitrogen and oxygen atoms in total. The number of hydrogen-bond acceptors (Lipinski definition) is 2. The predicted octanol–water partition coefficient (Wildman–Crippen LogP) is 4.67. The van der Waals surface area contributed by atoms with Gasteiger partial charge in [-0.3, -0.25) is 4.98 Å². The second-order valence-corrected chi connectivity index (χ2v) is 4.79. The van der Waals surface area contributed by atoms with Gasteiger partial charge in [-0.2, -0.15) is 5.26 Å². The molecule has 1 heterocycles. The van der Waals surface area contributed by atoms with Crippen molar-refractivity contribution in [3.05, 3.63) is 64.4 Å². The van der Waals surface area contributed by atoms with Gasteiger partial charge in [0.25, 0.3) is 0 Å². The van der Waals surface area contributed by atoms with Crippen molar-refractivity contribution in [3.8, 4) is 6.07 Å². The lowest BCUT2D eigenvalue weighted by molar-refractivity contribution is 1.31. The van der Waals surface area contributed by atoms with Crippen LogP contribution < -0.4 is 0 Å². The van der Waals surface area contributed by atoms with Crippen LogP contribution in [0.2, 0.25) is 5.02 Å². The maximum Gasteiger partial charge on any atom is 0.101 e. The van der Waals surface area contributed by atoms with E-state index in [2.05, 4.69) is 11.1 Å². The van der Waals surface area contributed by atoms with Gasteiger partial charge in [0.2, 0.25) is 0 Å². The molecular weight excluding hydrogens is 279 g/mol. The standard InChI is InChI=1S/C15H10Cl2N2/c1-10-7-11(4-5-14(10)16)15(17)13(8-18)12-3-2-6-19-9-12/h2-7,9H,1H3/b15-13+. The lowest BCUT2D eigenvalue weighted by Crippen LogP contribution is -1.88. The van der Waals surface area contributed by atoms with Gasteiger partial charge in [-0.1, -0.05) is 35.3 Å². The van der Waals surface area contributed by atoms with Crippen LogP contribution in [0.15, 0.2) is 42.7 Å². The SMILES string of the molecule is Cc1cc(/C(Cl)=C(/C#N)c2cccnc2)ccc1Cl. The van der Waals surface area contributed by atoms with Crippen LogP contribution in [-0.4, -0.2) is 4.98 Å². The molecule has 1 aromatic carbocycles. The molecule has 0 aliphatic heterocycles. The Bertz CT molecular complexity index is 670. The van der Waals surface area contributed by atoms with Gasteiger partial charge in [-0.05, 0) is 36.2 Å². The minimum absolute atomic E-state index is 0.398. The smallest absolute Gasteiger partial charge is 0.101 e. The maximum absolute atomic E-state index is 9.29. The predicted molar refractivity (Wildman–Crippen MR) is 78.7 cm³/mol. The van der Waals surface area contributed by atoms with Gasteiger partial charge in [-0.25, -0.2) is 0 Å². The Morgan fingerprint density at radius 1 is 1.26 bits per heavy atom. The summed E-state index contributed by atoms with van der Waals surface area (Å²) in [6.45, 7) is 1.89. The fraction of sp³-hybridized carbons (Fsp3) is 0.0667. The van der Waals surface area contributed by atoms with Crippen molar-refractivity contribution in [3.63, 3.8) is 0 Å². The normalized spacial score (nSPS) is 11.7. The minimum Gasteiger partial charge on any atom is -0.264 e. The summed E-state index contributed by atoms with van der Waals surface area (Å²) in [6.07, 6.45) is 3.27. The van der Waals surface area contributed by atoms with Gasteiger partial charge < -0.3 is 0 Å². The molecule has 2 aromatic rings. The van der Waals surface area contributed by atoms with E-state index in [1.165, 1.54) is 0 Å². The van der Waals surface area contributed by atoms with E-state index in [9.17, 15) is 5.26 Å². The highest BCUT2D eigenvalue weighted by atomic mass is 35.5. The fourth-order valence-corrected chi connectivity index (χ4v) is 2.06. The summed E-state index contributed by atoms with van der Waals surface area (Å²) in [7, 11) is 0. The molecule has 1 aromatic heterocycles. The first-order valence-corrected chi connectivity index (χ1v) is 6.36. The third-order valence-electron chi connectivity index (χ3n) is 2.69. The highest BCUT2D eigenvalue weighted by molar-refractivity contribution is 6.53. The number of pyridine rings is 1. The van der Waals surface area contributed by atoms with Crippen LogP contribution in [0, 0.1) is 18.3 Å². The second kappa shape index (κ2) is 5.88. The second-order valence-electron chi connectivity index (χ2n) is 4.01. The lowest BCUT2D eigenvalue weighted by atomic mass is 10.0. The molecular formula is C15H10Cl2N2. The average molecular weight is 289 g/mol. The van der Waals surface area contributed by atoms with E-state index in [0.717, 1.165) is 11.1 Å². The highest BCUT2D eigenvalue weighted by Gasteiger charge is 2.10. The van der Waals surface area contributed by atoms with Crippen LogP contribution >= 0.6 is 23.2 Å². The minimum atomic E-state index is 0.398. The fourth-order valence-electron chi connectivity index (χ4n) is 1.68. The monoisotopic (exact) mass is 288 g/mol. The molecule has 94 valence electrons. The summed E-state index contributed by atoms with van der Waals surface area (Å²) in [5.74, 6) is 0. The first-order chi connectivity index (χ1) is 9.13. The maximum atomic E-state index is 9.29.